The van der Waals surface area contributed by atoms with Crippen LogP contribution in [0.2, 0.25) is 0 Å². The van der Waals surface area contributed by atoms with E-state index in [9.17, 15) is 24.3 Å². The van der Waals surface area contributed by atoms with E-state index in [0.29, 0.717) is 24.7 Å². The number of carbonyl (C=O) groups excluding carboxylic acids is 4. The second-order valence-corrected chi connectivity index (χ2v) is 15.5. The van der Waals surface area contributed by atoms with Crippen LogP contribution in [-0.2, 0) is 76.9 Å². The molecule has 2 saturated heterocycles. The zero-order valence-corrected chi connectivity index (χ0v) is 38.8. The average Bonchev–Trinajstić information content (AvgIpc) is 3.67. The van der Waals surface area contributed by atoms with Gasteiger partial charge in [0.25, 0.3) is 0 Å². The second kappa shape index (κ2) is 26.9. The summed E-state index contributed by atoms with van der Waals surface area (Å²) in [5.41, 5.74) is 1.54. The van der Waals surface area contributed by atoms with E-state index in [1.807, 2.05) is 78.9 Å². The lowest BCUT2D eigenvalue weighted by Gasteiger charge is -2.44. The van der Waals surface area contributed by atoms with Crippen molar-refractivity contribution in [3.63, 3.8) is 0 Å². The van der Waals surface area contributed by atoms with Crippen LogP contribution < -0.4 is 14.8 Å². The van der Waals surface area contributed by atoms with Crippen LogP contribution in [0.1, 0.15) is 50.8 Å². The minimum Gasteiger partial charge on any atom is -0.497 e. The summed E-state index contributed by atoms with van der Waals surface area (Å²) in [4.78, 5) is 47.7. The van der Waals surface area contributed by atoms with Crippen molar-refractivity contribution in [1.29, 1.82) is 0 Å². The largest absolute Gasteiger partial charge is 0.497 e. The highest BCUT2D eigenvalue weighted by molar-refractivity contribution is 5.73. The predicted octanol–water partition coefficient (Wildman–Crippen LogP) is 3.23. The Kier molecular flexibility index (Phi) is 21.2. The topological polar surface area (TPSA) is 221 Å². The molecule has 0 aliphatic carbocycles. The average molecular weight is 942 g/mol. The quantitative estimate of drug-likeness (QED) is 0.0485. The van der Waals surface area contributed by atoms with Gasteiger partial charge in [-0.1, -0.05) is 54.6 Å². The summed E-state index contributed by atoms with van der Waals surface area (Å²) in [5, 5.41) is 13.7. The van der Waals surface area contributed by atoms with Crippen LogP contribution in [0, 0.1) is 0 Å². The molecule has 2 aliphatic heterocycles. The van der Waals surface area contributed by atoms with Crippen molar-refractivity contribution in [3.05, 3.63) is 95.6 Å². The molecule has 67 heavy (non-hydrogen) atoms. The smallest absolute Gasteiger partial charge is 0.303 e. The molecule has 19 heteroatoms. The highest BCUT2D eigenvalue weighted by atomic mass is 16.7. The third-order valence-corrected chi connectivity index (χ3v) is 10.7. The molecule has 8 atom stereocenters. The van der Waals surface area contributed by atoms with Gasteiger partial charge in [-0.05, 0) is 41.0 Å². The fraction of sp³-hybridized carbons (Fsp3) is 0.542. The molecule has 0 saturated carbocycles. The van der Waals surface area contributed by atoms with Crippen LogP contribution in [0.15, 0.2) is 78.9 Å². The summed E-state index contributed by atoms with van der Waals surface area (Å²) in [7, 11) is 3.24. The first-order chi connectivity index (χ1) is 32.3. The molecule has 2 aliphatic rings. The fourth-order valence-corrected chi connectivity index (χ4v) is 7.67. The van der Waals surface area contributed by atoms with Gasteiger partial charge in [0.05, 0.1) is 79.8 Å². The number of hydrogen-bond acceptors (Lipinski definition) is 18. The van der Waals surface area contributed by atoms with Gasteiger partial charge in [-0.2, -0.15) is 0 Å². The maximum atomic E-state index is 12.1. The Morgan fingerprint density at radius 3 is 1.63 bits per heavy atom. The summed E-state index contributed by atoms with van der Waals surface area (Å²) < 4.78 is 74.6. The number of methoxy groups -OCH3 is 2. The highest BCUT2D eigenvalue weighted by Gasteiger charge is 2.51. The number of rotatable bonds is 27. The number of aliphatic hydroxyl groups is 1. The number of nitrogens with one attached hydrogen (secondary N) is 1. The lowest BCUT2D eigenvalue weighted by Crippen LogP contribution is -2.66. The number of hydrogen-bond donors (Lipinski definition) is 2. The van der Waals surface area contributed by atoms with Crippen molar-refractivity contribution in [1.82, 2.24) is 5.32 Å². The first kappa shape index (κ1) is 52.7. The molecule has 1 amide bonds. The van der Waals surface area contributed by atoms with Crippen molar-refractivity contribution in [2.45, 2.75) is 88.9 Å². The molecule has 2 heterocycles. The molecule has 368 valence electrons. The van der Waals surface area contributed by atoms with Crippen LogP contribution >= 0.6 is 0 Å². The standard InChI is InChI=1S/C48H63NO18/c1-31(50)49-44-46(65-34(4)53)45(64-33(3)52)42(29-62-32(2)51)67-47(44)61-27-25-59-23-21-57-20-22-58-24-26-60-43-28-40(54)41(66-43)30-63-48(35-10-8-7-9-11-35,36-12-16-38(55-5)17-13-36)37-14-18-39(56-6)19-15-37/h7-19,40-47,54H,20-30H2,1-6H3,(H,49,50). The van der Waals surface area contributed by atoms with Crippen molar-refractivity contribution in [2.24, 2.45) is 0 Å². The van der Waals surface area contributed by atoms with E-state index in [-0.39, 0.29) is 59.3 Å². The molecule has 19 nitrogen and oxygen atoms in total. The number of amides is 1. The Hall–Kier alpha value is -5.22. The van der Waals surface area contributed by atoms with E-state index in [1.165, 1.54) is 13.8 Å². The van der Waals surface area contributed by atoms with E-state index in [2.05, 4.69) is 5.32 Å². The van der Waals surface area contributed by atoms with E-state index in [4.69, 9.17) is 61.6 Å². The van der Waals surface area contributed by atoms with E-state index in [1.54, 1.807) is 14.2 Å². The van der Waals surface area contributed by atoms with E-state index in [0.717, 1.165) is 30.5 Å². The maximum absolute atomic E-state index is 12.1. The fourth-order valence-electron chi connectivity index (χ4n) is 7.67. The maximum Gasteiger partial charge on any atom is 0.303 e. The van der Waals surface area contributed by atoms with Crippen LogP contribution in [0.5, 0.6) is 11.5 Å². The predicted molar refractivity (Wildman–Crippen MR) is 236 cm³/mol. The summed E-state index contributed by atoms with van der Waals surface area (Å²) in [6.07, 6.45) is -6.61. The third-order valence-electron chi connectivity index (χ3n) is 10.7. The molecule has 3 aromatic carbocycles. The number of benzene rings is 3. The van der Waals surface area contributed by atoms with Crippen molar-refractivity contribution in [2.75, 3.05) is 80.3 Å². The summed E-state index contributed by atoms with van der Waals surface area (Å²) >= 11 is 0. The summed E-state index contributed by atoms with van der Waals surface area (Å²) in [6, 6.07) is 24.2. The van der Waals surface area contributed by atoms with E-state index < -0.39 is 78.6 Å². The van der Waals surface area contributed by atoms with E-state index >= 15 is 0 Å². The molecule has 8 unspecified atom stereocenters. The van der Waals surface area contributed by atoms with Gasteiger partial charge < -0.3 is 72.0 Å². The zero-order chi connectivity index (χ0) is 48.2. The van der Waals surface area contributed by atoms with Gasteiger partial charge in [0.15, 0.2) is 24.8 Å². The molecule has 3 aromatic rings. The summed E-state index contributed by atoms with van der Waals surface area (Å²) in [6.45, 7) is 6.17. The van der Waals surface area contributed by atoms with Crippen LogP contribution in [-0.4, -0.2) is 158 Å². The minimum atomic E-state index is -1.22. The molecular formula is C48H63NO18. The van der Waals surface area contributed by atoms with Gasteiger partial charge in [-0.3, -0.25) is 19.2 Å². The molecule has 0 radical (unpaired) electrons. The Morgan fingerprint density at radius 2 is 1.12 bits per heavy atom. The number of aliphatic hydroxyl groups excluding tert-OH is 1. The Morgan fingerprint density at radius 1 is 0.612 bits per heavy atom. The molecule has 0 spiro atoms. The van der Waals surface area contributed by atoms with Gasteiger partial charge in [0.1, 0.15) is 42.0 Å². The van der Waals surface area contributed by atoms with Crippen molar-refractivity contribution >= 4 is 23.8 Å². The minimum absolute atomic E-state index is 0.00740. The van der Waals surface area contributed by atoms with Gasteiger partial charge in [-0.15, -0.1) is 0 Å². The van der Waals surface area contributed by atoms with Crippen LogP contribution in [0.4, 0.5) is 0 Å². The SMILES string of the molecule is COc1ccc(C(OCC2OC(OCCOCCOCCOCCOC3OC(COC(C)=O)C(OC(C)=O)C(OC(C)=O)C3NC(C)=O)CC2O)(c2ccccc2)c2ccc(OC)cc2)cc1. The summed E-state index contributed by atoms with van der Waals surface area (Å²) in [5.74, 6) is -1.10. The van der Waals surface area contributed by atoms with Crippen molar-refractivity contribution in [3.8, 4) is 11.5 Å². The normalized spacial score (nSPS) is 22.7. The third kappa shape index (κ3) is 15.7. The number of esters is 3. The van der Waals surface area contributed by atoms with Gasteiger partial charge in [-0.25, -0.2) is 0 Å². The van der Waals surface area contributed by atoms with Crippen LogP contribution in [0.3, 0.4) is 0 Å². The Bertz CT molecular complexity index is 1920. The first-order valence-corrected chi connectivity index (χ1v) is 22.0. The molecular weight excluding hydrogens is 879 g/mol. The molecule has 0 bridgehead atoms. The highest BCUT2D eigenvalue weighted by Crippen LogP contribution is 2.42. The monoisotopic (exact) mass is 941 g/mol. The molecule has 2 fully saturated rings. The van der Waals surface area contributed by atoms with Crippen molar-refractivity contribution < 1.29 is 85.9 Å². The number of ether oxygens (including phenoxy) is 13. The zero-order valence-electron chi connectivity index (χ0n) is 38.8. The molecule has 0 aromatic heterocycles. The lowest BCUT2D eigenvalue weighted by atomic mass is 9.80. The van der Waals surface area contributed by atoms with Gasteiger partial charge in [0.2, 0.25) is 5.91 Å². The Balaban J connectivity index is 1.01. The molecule has 5 rings (SSSR count). The first-order valence-electron chi connectivity index (χ1n) is 22.0. The van der Waals surface area contributed by atoms with Crippen LogP contribution in [0.25, 0.3) is 0 Å². The van der Waals surface area contributed by atoms with Gasteiger partial charge >= 0.3 is 17.9 Å². The lowest BCUT2D eigenvalue weighted by molar-refractivity contribution is -0.279. The Labute approximate surface area is 390 Å². The molecule has 2 N–H and O–H groups in total. The second-order valence-electron chi connectivity index (χ2n) is 15.5. The van der Waals surface area contributed by atoms with Gasteiger partial charge in [0, 0.05) is 34.1 Å². The number of carbonyl (C=O) groups is 4.